The number of hydrazone groups is 1. The lowest BCUT2D eigenvalue weighted by Crippen LogP contribution is -2.24. The second-order valence-corrected chi connectivity index (χ2v) is 6.68. The van der Waals surface area contributed by atoms with E-state index >= 15 is 0 Å². The number of furan rings is 1. The average molecular weight is 437 g/mol. The third-order valence-corrected chi connectivity index (χ3v) is 4.29. The Morgan fingerprint density at radius 3 is 2.62 bits per heavy atom. The van der Waals surface area contributed by atoms with E-state index in [1.54, 1.807) is 18.2 Å². The van der Waals surface area contributed by atoms with Crippen molar-refractivity contribution in [1.29, 1.82) is 0 Å². The summed E-state index contributed by atoms with van der Waals surface area (Å²) < 4.78 is 15.4. The lowest BCUT2D eigenvalue weighted by Gasteiger charge is -2.07. The number of ether oxygens (including phenoxy) is 2. The predicted molar refractivity (Wildman–Crippen MR) is 114 cm³/mol. The molecule has 164 valence electrons. The van der Waals surface area contributed by atoms with Crippen LogP contribution in [0.2, 0.25) is 0 Å². The van der Waals surface area contributed by atoms with Crippen LogP contribution in [-0.4, -0.2) is 29.6 Å². The van der Waals surface area contributed by atoms with Gasteiger partial charge in [-0.25, -0.2) is 10.2 Å². The summed E-state index contributed by atoms with van der Waals surface area (Å²) in [5, 5.41) is 14.5. The molecule has 0 saturated carbocycles. The minimum Gasteiger partial charge on any atom is -0.484 e. The van der Waals surface area contributed by atoms with Crippen molar-refractivity contribution in [2.45, 2.75) is 13.8 Å². The summed E-state index contributed by atoms with van der Waals surface area (Å²) in [5.74, 6) is -1.43. The van der Waals surface area contributed by atoms with Crippen molar-refractivity contribution in [2.75, 3.05) is 6.61 Å². The number of nitrogens with one attached hydrogen (secondary N) is 1. The number of hydrogen-bond donors (Lipinski definition) is 1. The summed E-state index contributed by atoms with van der Waals surface area (Å²) in [7, 11) is 0. The van der Waals surface area contributed by atoms with Gasteiger partial charge in [0.15, 0.2) is 6.61 Å². The van der Waals surface area contributed by atoms with Crippen molar-refractivity contribution >= 4 is 24.0 Å². The van der Waals surface area contributed by atoms with Crippen molar-refractivity contribution in [3.63, 3.8) is 0 Å². The van der Waals surface area contributed by atoms with Crippen molar-refractivity contribution in [3.05, 3.63) is 87.2 Å². The summed E-state index contributed by atoms with van der Waals surface area (Å²) in [4.78, 5) is 33.8. The van der Waals surface area contributed by atoms with Gasteiger partial charge >= 0.3 is 11.9 Å². The van der Waals surface area contributed by atoms with Crippen LogP contribution in [0.1, 0.15) is 27.2 Å². The highest BCUT2D eigenvalue weighted by molar-refractivity contribution is 5.89. The van der Waals surface area contributed by atoms with Crippen molar-refractivity contribution in [3.8, 4) is 11.5 Å². The molecule has 1 amide bonds. The second-order valence-electron chi connectivity index (χ2n) is 6.68. The first kappa shape index (κ1) is 22.2. The maximum atomic E-state index is 12.1. The first-order chi connectivity index (χ1) is 15.3. The van der Waals surface area contributed by atoms with Gasteiger partial charge < -0.3 is 13.9 Å². The Bertz CT molecular complexity index is 1180. The molecule has 32 heavy (non-hydrogen) atoms. The van der Waals surface area contributed by atoms with E-state index in [2.05, 4.69) is 10.5 Å². The van der Waals surface area contributed by atoms with Gasteiger partial charge in [-0.1, -0.05) is 18.2 Å². The van der Waals surface area contributed by atoms with Gasteiger partial charge in [0.25, 0.3) is 5.91 Å². The van der Waals surface area contributed by atoms with Gasteiger partial charge in [-0.3, -0.25) is 14.9 Å². The Balaban J connectivity index is 1.52. The standard InChI is InChI=1S/C22H19N3O7/c1-14-6-7-17(10-15(14)2)30-13-20(26)24-23-12-16-4-3-5-18(11-16)31-22(27)19-8-9-21(32-19)25(28)29/h3-12H,13H2,1-2H3,(H,24,26). The normalized spacial score (nSPS) is 10.7. The number of benzene rings is 2. The SMILES string of the molecule is Cc1ccc(OCC(=O)NN=Cc2cccc(OC(=O)c3ccc([N+](=O)[O-])o3)c2)cc1C. The Labute approximate surface area is 182 Å². The van der Waals surface area contributed by atoms with E-state index in [0.29, 0.717) is 11.3 Å². The van der Waals surface area contributed by atoms with E-state index in [1.807, 2.05) is 26.0 Å². The molecule has 0 aliphatic heterocycles. The Morgan fingerprint density at radius 2 is 1.91 bits per heavy atom. The number of carbonyl (C=O) groups is 2. The largest absolute Gasteiger partial charge is 0.484 e. The number of hydrogen-bond acceptors (Lipinski definition) is 8. The molecule has 3 rings (SSSR count). The zero-order valence-electron chi connectivity index (χ0n) is 17.2. The summed E-state index contributed by atoms with van der Waals surface area (Å²) in [5.41, 5.74) is 5.08. The highest BCUT2D eigenvalue weighted by Crippen LogP contribution is 2.19. The zero-order valence-corrected chi connectivity index (χ0v) is 17.2. The quantitative estimate of drug-likeness (QED) is 0.187. The first-order valence-electron chi connectivity index (χ1n) is 9.40. The highest BCUT2D eigenvalue weighted by atomic mass is 16.7. The summed E-state index contributed by atoms with van der Waals surface area (Å²) in [6, 6.07) is 14.1. The molecule has 0 unspecified atom stereocenters. The Morgan fingerprint density at radius 1 is 1.09 bits per heavy atom. The average Bonchev–Trinajstić information content (AvgIpc) is 3.26. The van der Waals surface area contributed by atoms with Gasteiger partial charge in [0.2, 0.25) is 5.76 Å². The number of rotatable bonds is 8. The highest BCUT2D eigenvalue weighted by Gasteiger charge is 2.19. The van der Waals surface area contributed by atoms with Crippen molar-refractivity contribution in [2.24, 2.45) is 5.10 Å². The molecular weight excluding hydrogens is 418 g/mol. The lowest BCUT2D eigenvalue weighted by atomic mass is 10.1. The molecule has 10 heteroatoms. The molecule has 0 spiro atoms. The third kappa shape index (κ3) is 6.02. The number of amides is 1. The maximum absolute atomic E-state index is 12.1. The van der Waals surface area contributed by atoms with Gasteiger partial charge in [-0.2, -0.15) is 5.10 Å². The van der Waals surface area contributed by atoms with Crippen LogP contribution < -0.4 is 14.9 Å². The van der Waals surface area contributed by atoms with Gasteiger partial charge in [0.1, 0.15) is 16.4 Å². The smallest absolute Gasteiger partial charge is 0.433 e. The number of aryl methyl sites for hydroxylation is 2. The van der Waals surface area contributed by atoms with E-state index in [1.165, 1.54) is 18.3 Å². The van der Waals surface area contributed by atoms with Crippen LogP contribution in [-0.2, 0) is 4.79 Å². The van der Waals surface area contributed by atoms with Crippen LogP contribution in [0.25, 0.3) is 0 Å². The van der Waals surface area contributed by atoms with Crippen LogP contribution in [0.3, 0.4) is 0 Å². The summed E-state index contributed by atoms with van der Waals surface area (Å²) in [6.07, 6.45) is 1.36. The zero-order chi connectivity index (χ0) is 23.1. The van der Waals surface area contributed by atoms with Crippen molar-refractivity contribution < 1.29 is 28.4 Å². The number of carbonyl (C=O) groups excluding carboxylic acids is 2. The fourth-order valence-electron chi connectivity index (χ4n) is 2.51. The monoisotopic (exact) mass is 437 g/mol. The molecule has 1 aromatic heterocycles. The molecule has 0 fully saturated rings. The van der Waals surface area contributed by atoms with Crippen LogP contribution in [0.5, 0.6) is 11.5 Å². The van der Waals surface area contributed by atoms with Crippen LogP contribution >= 0.6 is 0 Å². The molecule has 2 aromatic carbocycles. The molecule has 0 radical (unpaired) electrons. The fourth-order valence-corrected chi connectivity index (χ4v) is 2.51. The Hall–Kier alpha value is -4.47. The molecular formula is C22H19N3O7. The second kappa shape index (κ2) is 10.0. The minimum absolute atomic E-state index is 0.169. The van der Waals surface area contributed by atoms with Gasteiger partial charge in [-0.15, -0.1) is 0 Å². The third-order valence-electron chi connectivity index (χ3n) is 4.29. The molecule has 10 nitrogen and oxygen atoms in total. The van der Waals surface area contributed by atoms with Gasteiger partial charge in [0, 0.05) is 0 Å². The lowest BCUT2D eigenvalue weighted by molar-refractivity contribution is -0.402. The van der Waals surface area contributed by atoms with Crippen LogP contribution in [0, 0.1) is 24.0 Å². The van der Waals surface area contributed by atoms with Gasteiger partial charge in [-0.05, 0) is 60.9 Å². The topological polar surface area (TPSA) is 133 Å². The Kier molecular flexibility index (Phi) is 6.96. The summed E-state index contributed by atoms with van der Waals surface area (Å²) >= 11 is 0. The molecule has 0 saturated heterocycles. The molecule has 0 aliphatic carbocycles. The number of nitrogens with zero attached hydrogens (tertiary/aromatic N) is 2. The van der Waals surface area contributed by atoms with Crippen LogP contribution in [0.4, 0.5) is 5.88 Å². The van der Waals surface area contributed by atoms with E-state index in [9.17, 15) is 19.7 Å². The number of esters is 1. The predicted octanol–water partition coefficient (Wildman–Crippen LogP) is 3.55. The van der Waals surface area contributed by atoms with E-state index in [-0.39, 0.29) is 18.1 Å². The molecule has 3 aromatic rings. The van der Waals surface area contributed by atoms with Gasteiger partial charge in [0.05, 0.1) is 12.3 Å². The molecule has 1 heterocycles. The van der Waals surface area contributed by atoms with Crippen LogP contribution in [0.15, 0.2) is 64.1 Å². The molecule has 0 aliphatic rings. The van der Waals surface area contributed by atoms with E-state index < -0.39 is 22.7 Å². The molecule has 0 bridgehead atoms. The molecule has 1 N–H and O–H groups in total. The number of nitro groups is 1. The fraction of sp³-hybridized carbons (Fsp3) is 0.136. The first-order valence-corrected chi connectivity index (χ1v) is 9.40. The van der Waals surface area contributed by atoms with E-state index in [0.717, 1.165) is 23.3 Å². The minimum atomic E-state index is -0.885. The summed E-state index contributed by atoms with van der Waals surface area (Å²) in [6.45, 7) is 3.74. The van der Waals surface area contributed by atoms with E-state index in [4.69, 9.17) is 13.9 Å². The molecule has 0 atom stereocenters. The van der Waals surface area contributed by atoms with Crippen molar-refractivity contribution in [1.82, 2.24) is 5.43 Å². The maximum Gasteiger partial charge on any atom is 0.433 e.